The van der Waals surface area contributed by atoms with Crippen molar-refractivity contribution in [2.75, 3.05) is 13.1 Å². The van der Waals surface area contributed by atoms with E-state index < -0.39 is 10.0 Å². The van der Waals surface area contributed by atoms with Gasteiger partial charge in [0.15, 0.2) is 0 Å². The van der Waals surface area contributed by atoms with Crippen LogP contribution in [-0.2, 0) is 21.3 Å². The highest BCUT2D eigenvalue weighted by Crippen LogP contribution is 2.28. The Hall–Kier alpha value is -1.93. The third-order valence-corrected chi connectivity index (χ3v) is 7.08. The van der Waals surface area contributed by atoms with Crippen molar-refractivity contribution in [3.63, 3.8) is 0 Å². The van der Waals surface area contributed by atoms with Crippen LogP contribution in [0.15, 0.2) is 47.4 Å². The molecule has 2 unspecified atom stereocenters. The molecule has 8 heteroatoms. The number of benzene rings is 2. The molecule has 0 saturated carbocycles. The van der Waals surface area contributed by atoms with Gasteiger partial charge in [-0.15, -0.1) is 0 Å². The number of carbonyl (C=O) groups is 1. The van der Waals surface area contributed by atoms with Gasteiger partial charge in [0.2, 0.25) is 10.0 Å². The smallest absolute Gasteiger partial charge is 0.251 e. The first-order chi connectivity index (χ1) is 13.7. The van der Waals surface area contributed by atoms with E-state index in [0.29, 0.717) is 6.54 Å². The van der Waals surface area contributed by atoms with E-state index in [2.05, 4.69) is 5.32 Å². The normalized spacial score (nSPS) is 20.4. The second kappa shape index (κ2) is 8.83. The van der Waals surface area contributed by atoms with Gasteiger partial charge in [-0.3, -0.25) is 4.79 Å². The molecular weight excluding hydrogens is 412 g/mol. The molecule has 2 aromatic rings. The Kier molecular flexibility index (Phi) is 6.63. The van der Waals surface area contributed by atoms with Gasteiger partial charge in [0.25, 0.3) is 5.91 Å². The molecule has 2 atom stereocenters. The largest absolute Gasteiger partial charge is 0.373 e. The van der Waals surface area contributed by atoms with Gasteiger partial charge < -0.3 is 10.1 Å². The minimum Gasteiger partial charge on any atom is -0.373 e. The summed E-state index contributed by atoms with van der Waals surface area (Å²) < 4.78 is 33.3. The summed E-state index contributed by atoms with van der Waals surface area (Å²) in [7, 11) is -3.85. The van der Waals surface area contributed by atoms with Crippen molar-refractivity contribution < 1.29 is 17.9 Å². The number of ether oxygens (including phenoxy) is 1. The van der Waals surface area contributed by atoms with E-state index in [4.69, 9.17) is 16.3 Å². The molecule has 0 spiro atoms. The molecule has 1 fully saturated rings. The molecule has 0 aromatic heterocycles. The minimum atomic E-state index is -3.85. The van der Waals surface area contributed by atoms with E-state index in [0.717, 1.165) is 11.1 Å². The number of carbonyl (C=O) groups excluding carboxylic acids is 1. The molecule has 1 heterocycles. The van der Waals surface area contributed by atoms with Gasteiger partial charge >= 0.3 is 0 Å². The predicted octanol–water partition coefficient (Wildman–Crippen LogP) is 3.38. The van der Waals surface area contributed by atoms with Crippen LogP contribution in [0.1, 0.15) is 35.3 Å². The van der Waals surface area contributed by atoms with E-state index in [1.165, 1.54) is 22.5 Å². The fraction of sp³-hybridized carbons (Fsp3) is 0.381. The van der Waals surface area contributed by atoms with Crippen molar-refractivity contribution in [3.05, 3.63) is 64.2 Å². The van der Waals surface area contributed by atoms with Crippen molar-refractivity contribution in [2.24, 2.45) is 0 Å². The summed E-state index contributed by atoms with van der Waals surface area (Å²) in [4.78, 5) is 12.5. The van der Waals surface area contributed by atoms with Crippen LogP contribution >= 0.6 is 11.6 Å². The van der Waals surface area contributed by atoms with Crippen LogP contribution < -0.4 is 5.32 Å². The third kappa shape index (κ3) is 5.17. The van der Waals surface area contributed by atoms with E-state index in [1.54, 1.807) is 0 Å². The number of morpholine rings is 1. The van der Waals surface area contributed by atoms with Crippen LogP contribution in [-0.4, -0.2) is 43.9 Å². The van der Waals surface area contributed by atoms with Crippen molar-refractivity contribution in [1.82, 2.24) is 9.62 Å². The maximum atomic E-state index is 13.1. The van der Waals surface area contributed by atoms with Crippen molar-refractivity contribution >= 4 is 27.5 Å². The van der Waals surface area contributed by atoms with Gasteiger partial charge in [-0.05, 0) is 44.5 Å². The summed E-state index contributed by atoms with van der Waals surface area (Å²) in [5, 5.41) is 2.91. The summed E-state index contributed by atoms with van der Waals surface area (Å²) in [5.41, 5.74) is 2.34. The lowest BCUT2D eigenvalue weighted by atomic mass is 10.1. The molecule has 0 bridgehead atoms. The topological polar surface area (TPSA) is 75.7 Å². The zero-order valence-corrected chi connectivity index (χ0v) is 18.3. The van der Waals surface area contributed by atoms with Crippen LogP contribution in [0, 0.1) is 6.92 Å². The van der Waals surface area contributed by atoms with Crippen LogP contribution in [0.5, 0.6) is 0 Å². The van der Waals surface area contributed by atoms with Crippen LogP contribution in [0.3, 0.4) is 0 Å². The summed E-state index contributed by atoms with van der Waals surface area (Å²) in [5.74, 6) is -0.359. The molecule has 1 aliphatic heterocycles. The monoisotopic (exact) mass is 436 g/mol. The highest BCUT2D eigenvalue weighted by molar-refractivity contribution is 7.89. The van der Waals surface area contributed by atoms with Gasteiger partial charge in [-0.25, -0.2) is 8.42 Å². The van der Waals surface area contributed by atoms with Gasteiger partial charge in [0.1, 0.15) is 4.90 Å². The molecule has 2 aromatic carbocycles. The van der Waals surface area contributed by atoms with Gasteiger partial charge in [-0.1, -0.05) is 41.4 Å². The number of hydrogen-bond donors (Lipinski definition) is 1. The zero-order valence-electron chi connectivity index (χ0n) is 16.7. The molecule has 6 nitrogen and oxygen atoms in total. The van der Waals surface area contributed by atoms with E-state index >= 15 is 0 Å². The Morgan fingerprint density at radius 1 is 1.14 bits per heavy atom. The average Bonchev–Trinajstić information content (AvgIpc) is 2.66. The number of amides is 1. The number of rotatable bonds is 5. The average molecular weight is 437 g/mol. The van der Waals surface area contributed by atoms with E-state index in [1.807, 2.05) is 45.0 Å². The van der Waals surface area contributed by atoms with Crippen LogP contribution in [0.25, 0.3) is 0 Å². The van der Waals surface area contributed by atoms with Crippen molar-refractivity contribution in [3.8, 4) is 0 Å². The second-order valence-electron chi connectivity index (χ2n) is 7.39. The summed E-state index contributed by atoms with van der Waals surface area (Å²) in [6.45, 7) is 6.49. The Bertz CT molecular complexity index is 982. The second-order valence-corrected chi connectivity index (χ2v) is 9.71. The third-order valence-electron chi connectivity index (χ3n) is 4.77. The summed E-state index contributed by atoms with van der Waals surface area (Å²) in [6, 6.07) is 12.1. The van der Waals surface area contributed by atoms with Gasteiger partial charge in [-0.2, -0.15) is 4.31 Å². The number of hydrogen-bond acceptors (Lipinski definition) is 4. The zero-order chi connectivity index (χ0) is 21.2. The molecule has 0 radical (unpaired) electrons. The van der Waals surface area contributed by atoms with E-state index in [9.17, 15) is 13.2 Å². The molecule has 3 rings (SSSR count). The maximum absolute atomic E-state index is 13.1. The lowest BCUT2D eigenvalue weighted by Crippen LogP contribution is -2.48. The van der Waals surface area contributed by atoms with Crippen LogP contribution in [0.2, 0.25) is 5.02 Å². The Morgan fingerprint density at radius 2 is 1.76 bits per heavy atom. The molecule has 1 aliphatic rings. The fourth-order valence-electron chi connectivity index (χ4n) is 3.30. The summed E-state index contributed by atoms with van der Waals surface area (Å²) in [6.07, 6.45) is -0.429. The Balaban J connectivity index is 1.79. The first-order valence-electron chi connectivity index (χ1n) is 9.45. The molecule has 29 heavy (non-hydrogen) atoms. The number of halogens is 1. The Labute approximate surface area is 176 Å². The number of nitrogens with one attached hydrogen (secondary N) is 1. The first kappa shape index (κ1) is 21.8. The number of aryl methyl sites for hydroxylation is 1. The highest BCUT2D eigenvalue weighted by Gasteiger charge is 2.33. The molecule has 156 valence electrons. The van der Waals surface area contributed by atoms with Crippen molar-refractivity contribution in [2.45, 2.75) is 44.4 Å². The fourth-order valence-corrected chi connectivity index (χ4v) is 5.39. The van der Waals surface area contributed by atoms with Crippen LogP contribution in [0.4, 0.5) is 0 Å². The quantitative estimate of drug-likeness (QED) is 0.779. The lowest BCUT2D eigenvalue weighted by Gasteiger charge is -2.34. The van der Waals surface area contributed by atoms with Crippen molar-refractivity contribution in [1.29, 1.82) is 0 Å². The predicted molar refractivity (Wildman–Crippen MR) is 113 cm³/mol. The highest BCUT2D eigenvalue weighted by atomic mass is 35.5. The number of sulfonamides is 1. The van der Waals surface area contributed by atoms with Gasteiger partial charge in [0, 0.05) is 25.2 Å². The first-order valence-corrected chi connectivity index (χ1v) is 11.3. The standard InChI is InChI=1S/C21H25ClN2O4S/c1-14-4-6-17(7-5-14)11-23-21(25)18-8-9-19(22)20(10-18)29(26,27)24-12-15(2)28-16(3)13-24/h4-10,15-16H,11-13H2,1-3H3,(H,23,25). The molecular formula is C21H25ClN2O4S. The molecule has 1 N–H and O–H groups in total. The molecule has 1 amide bonds. The lowest BCUT2D eigenvalue weighted by molar-refractivity contribution is -0.0440. The maximum Gasteiger partial charge on any atom is 0.251 e. The van der Waals surface area contributed by atoms with E-state index in [-0.39, 0.29) is 46.7 Å². The Morgan fingerprint density at radius 3 is 2.38 bits per heavy atom. The number of nitrogens with zero attached hydrogens (tertiary/aromatic N) is 1. The minimum absolute atomic E-state index is 0.0662. The summed E-state index contributed by atoms with van der Waals surface area (Å²) >= 11 is 6.20. The SMILES string of the molecule is Cc1ccc(CNC(=O)c2ccc(Cl)c(S(=O)(=O)N3CC(C)OC(C)C3)c2)cc1. The van der Waals surface area contributed by atoms with Gasteiger partial charge in [0.05, 0.1) is 17.2 Å². The molecule has 0 aliphatic carbocycles. The molecule has 1 saturated heterocycles.